The van der Waals surface area contributed by atoms with Crippen molar-refractivity contribution >= 4 is 0 Å². The Kier molecular flexibility index (Phi) is 5.88. The largest absolute Gasteiger partial charge is 0.384 e. The molecule has 2 fully saturated rings. The molecule has 1 saturated carbocycles. The molecule has 3 atom stereocenters. The molecule has 1 aliphatic carbocycles. The summed E-state index contributed by atoms with van der Waals surface area (Å²) in [5.41, 5.74) is 6.61. The molecule has 1 saturated heterocycles. The van der Waals surface area contributed by atoms with Crippen LogP contribution in [0.2, 0.25) is 0 Å². The smallest absolute Gasteiger partial charge is 0.0502 e. The fourth-order valence-corrected chi connectivity index (χ4v) is 4.82. The van der Waals surface area contributed by atoms with Crippen molar-refractivity contribution in [3.63, 3.8) is 0 Å². The molecule has 2 rings (SSSR count). The molecule has 3 nitrogen and oxygen atoms in total. The number of piperidine rings is 1. The first-order valence-corrected chi connectivity index (χ1v) is 8.58. The molecule has 20 heavy (non-hydrogen) atoms. The second-order valence-electron chi connectivity index (χ2n) is 7.31. The average molecular weight is 282 g/mol. The highest BCUT2D eigenvalue weighted by molar-refractivity contribution is 5.02. The third kappa shape index (κ3) is 3.20. The van der Waals surface area contributed by atoms with E-state index in [4.69, 9.17) is 10.5 Å². The molecule has 0 amide bonds. The van der Waals surface area contributed by atoms with Crippen molar-refractivity contribution in [2.75, 3.05) is 33.4 Å². The van der Waals surface area contributed by atoms with E-state index in [0.717, 1.165) is 25.0 Å². The highest BCUT2D eigenvalue weighted by atomic mass is 16.5. The maximum atomic E-state index is 6.34. The van der Waals surface area contributed by atoms with Crippen molar-refractivity contribution in [1.29, 1.82) is 0 Å². The average Bonchev–Trinajstić information content (AvgIpc) is 2.47. The minimum absolute atomic E-state index is 0.263. The lowest BCUT2D eigenvalue weighted by atomic mass is 9.66. The van der Waals surface area contributed by atoms with Gasteiger partial charge in [-0.2, -0.15) is 0 Å². The van der Waals surface area contributed by atoms with Crippen molar-refractivity contribution in [2.24, 2.45) is 23.5 Å². The highest BCUT2D eigenvalue weighted by Crippen LogP contribution is 2.43. The molecule has 3 unspecified atom stereocenters. The van der Waals surface area contributed by atoms with E-state index in [-0.39, 0.29) is 5.54 Å². The van der Waals surface area contributed by atoms with Gasteiger partial charge in [-0.25, -0.2) is 0 Å². The number of hydrogen-bond acceptors (Lipinski definition) is 3. The van der Waals surface area contributed by atoms with E-state index < -0.39 is 0 Å². The molecule has 3 heteroatoms. The molecule has 0 aromatic heterocycles. The maximum Gasteiger partial charge on any atom is 0.0502 e. The van der Waals surface area contributed by atoms with Crippen LogP contribution in [0.5, 0.6) is 0 Å². The van der Waals surface area contributed by atoms with Crippen molar-refractivity contribution < 1.29 is 4.74 Å². The van der Waals surface area contributed by atoms with Crippen LogP contribution in [-0.4, -0.2) is 43.8 Å². The summed E-state index contributed by atoms with van der Waals surface area (Å²) >= 11 is 0. The van der Waals surface area contributed by atoms with E-state index in [1.54, 1.807) is 0 Å². The number of likely N-dealkylation sites (tertiary alicyclic amines) is 1. The molecule has 0 aromatic carbocycles. The van der Waals surface area contributed by atoms with Gasteiger partial charge in [0.05, 0.1) is 6.61 Å². The van der Waals surface area contributed by atoms with Crippen molar-refractivity contribution in [3.05, 3.63) is 0 Å². The lowest BCUT2D eigenvalue weighted by molar-refractivity contribution is -0.0455. The van der Waals surface area contributed by atoms with Gasteiger partial charge in [0, 0.05) is 25.7 Å². The minimum atomic E-state index is 0.263. The van der Waals surface area contributed by atoms with E-state index in [2.05, 4.69) is 18.7 Å². The SMILES string of the molecule is COCC1CCCN(C2(CN)CCCCC2C(C)C)C1. The predicted octanol–water partition coefficient (Wildman–Crippen LogP) is 2.89. The zero-order valence-corrected chi connectivity index (χ0v) is 13.7. The van der Waals surface area contributed by atoms with E-state index in [0.29, 0.717) is 5.92 Å². The van der Waals surface area contributed by atoms with Gasteiger partial charge < -0.3 is 10.5 Å². The summed E-state index contributed by atoms with van der Waals surface area (Å²) in [6.07, 6.45) is 8.02. The summed E-state index contributed by atoms with van der Waals surface area (Å²) < 4.78 is 5.40. The molecule has 0 radical (unpaired) electrons. The normalized spacial score (nSPS) is 36.5. The fraction of sp³-hybridized carbons (Fsp3) is 1.00. The van der Waals surface area contributed by atoms with Gasteiger partial charge in [-0.3, -0.25) is 4.90 Å². The van der Waals surface area contributed by atoms with Crippen LogP contribution in [0.15, 0.2) is 0 Å². The number of ether oxygens (including phenoxy) is 1. The van der Waals surface area contributed by atoms with E-state index in [1.807, 2.05) is 7.11 Å². The summed E-state index contributed by atoms with van der Waals surface area (Å²) in [7, 11) is 1.83. The molecular weight excluding hydrogens is 248 g/mol. The second-order valence-corrected chi connectivity index (χ2v) is 7.31. The Morgan fingerprint density at radius 3 is 2.70 bits per heavy atom. The van der Waals surface area contributed by atoms with Gasteiger partial charge in [0.1, 0.15) is 0 Å². The predicted molar refractivity (Wildman–Crippen MR) is 84.8 cm³/mol. The van der Waals surface area contributed by atoms with Crippen LogP contribution in [0.4, 0.5) is 0 Å². The van der Waals surface area contributed by atoms with Crippen LogP contribution < -0.4 is 5.73 Å². The molecule has 1 heterocycles. The first-order chi connectivity index (χ1) is 9.64. The number of methoxy groups -OCH3 is 1. The van der Waals surface area contributed by atoms with Crippen molar-refractivity contribution in [2.45, 2.75) is 57.9 Å². The molecule has 2 N–H and O–H groups in total. The molecule has 2 aliphatic rings. The maximum absolute atomic E-state index is 6.34. The summed E-state index contributed by atoms with van der Waals surface area (Å²) in [6, 6.07) is 0. The van der Waals surface area contributed by atoms with Crippen LogP contribution in [0.3, 0.4) is 0 Å². The Labute approximate surface area is 125 Å². The molecule has 118 valence electrons. The lowest BCUT2D eigenvalue weighted by Gasteiger charge is -2.55. The zero-order valence-electron chi connectivity index (χ0n) is 13.7. The van der Waals surface area contributed by atoms with Gasteiger partial charge in [-0.15, -0.1) is 0 Å². The first-order valence-electron chi connectivity index (χ1n) is 8.58. The molecule has 0 spiro atoms. The van der Waals surface area contributed by atoms with Gasteiger partial charge in [-0.05, 0) is 50.0 Å². The Bertz CT molecular complexity index is 293. The van der Waals surface area contributed by atoms with E-state index in [9.17, 15) is 0 Å². The lowest BCUT2D eigenvalue weighted by Crippen LogP contribution is -2.63. The molecule has 0 bridgehead atoms. The number of hydrogen-bond donors (Lipinski definition) is 1. The summed E-state index contributed by atoms with van der Waals surface area (Å²) in [5.74, 6) is 2.20. The highest BCUT2D eigenvalue weighted by Gasteiger charge is 2.46. The Morgan fingerprint density at radius 1 is 1.25 bits per heavy atom. The van der Waals surface area contributed by atoms with Crippen LogP contribution >= 0.6 is 0 Å². The Hall–Kier alpha value is -0.120. The Morgan fingerprint density at radius 2 is 2.05 bits per heavy atom. The second kappa shape index (κ2) is 7.24. The zero-order chi connectivity index (χ0) is 14.6. The summed E-state index contributed by atoms with van der Waals surface area (Å²) in [5, 5.41) is 0. The van der Waals surface area contributed by atoms with Gasteiger partial charge in [0.25, 0.3) is 0 Å². The number of nitrogens with zero attached hydrogens (tertiary/aromatic N) is 1. The third-order valence-corrected chi connectivity index (χ3v) is 5.77. The van der Waals surface area contributed by atoms with Crippen LogP contribution in [0.1, 0.15) is 52.4 Å². The first kappa shape index (κ1) is 16.3. The molecule has 1 aliphatic heterocycles. The number of rotatable bonds is 5. The standard InChI is InChI=1S/C17H34N2O/c1-14(2)16-8-4-5-9-17(16,13-18)19-10-6-7-15(11-19)12-20-3/h14-16H,4-13,18H2,1-3H3. The van der Waals surface area contributed by atoms with Gasteiger partial charge >= 0.3 is 0 Å². The van der Waals surface area contributed by atoms with Crippen molar-refractivity contribution in [1.82, 2.24) is 4.90 Å². The third-order valence-electron chi connectivity index (χ3n) is 5.77. The monoisotopic (exact) mass is 282 g/mol. The van der Waals surface area contributed by atoms with Crippen LogP contribution in [0.25, 0.3) is 0 Å². The quantitative estimate of drug-likeness (QED) is 0.842. The summed E-state index contributed by atoms with van der Waals surface area (Å²) in [4.78, 5) is 2.75. The van der Waals surface area contributed by atoms with Gasteiger partial charge in [-0.1, -0.05) is 26.7 Å². The van der Waals surface area contributed by atoms with Crippen molar-refractivity contribution in [3.8, 4) is 0 Å². The fourth-order valence-electron chi connectivity index (χ4n) is 4.82. The summed E-state index contributed by atoms with van der Waals surface area (Å²) in [6.45, 7) is 8.93. The van der Waals surface area contributed by atoms with E-state index >= 15 is 0 Å². The minimum Gasteiger partial charge on any atom is -0.384 e. The Balaban J connectivity index is 2.15. The van der Waals surface area contributed by atoms with Crippen LogP contribution in [0, 0.1) is 17.8 Å². The van der Waals surface area contributed by atoms with E-state index in [1.165, 1.54) is 51.6 Å². The molecule has 0 aromatic rings. The number of nitrogens with two attached hydrogens (primary N) is 1. The topological polar surface area (TPSA) is 38.5 Å². The van der Waals surface area contributed by atoms with Gasteiger partial charge in [0.15, 0.2) is 0 Å². The van der Waals surface area contributed by atoms with Crippen LogP contribution in [-0.2, 0) is 4.74 Å². The molecular formula is C17H34N2O. The van der Waals surface area contributed by atoms with Gasteiger partial charge in [0.2, 0.25) is 0 Å².